The number of aromatic nitrogens is 3. The van der Waals surface area contributed by atoms with E-state index in [-0.39, 0.29) is 11.2 Å². The number of nitrogens with zero attached hydrogens (tertiary/aromatic N) is 4. The van der Waals surface area contributed by atoms with Crippen LogP contribution in [-0.2, 0) is 11.3 Å². The summed E-state index contributed by atoms with van der Waals surface area (Å²) in [6.07, 6.45) is 1.81. The van der Waals surface area contributed by atoms with E-state index < -0.39 is 0 Å². The Morgan fingerprint density at radius 2 is 1.79 bits per heavy atom. The number of para-hydroxylation sites is 1. The van der Waals surface area contributed by atoms with Gasteiger partial charge in [0, 0.05) is 24.3 Å². The number of hydrogen-bond acceptors (Lipinski definition) is 4. The van der Waals surface area contributed by atoms with Crippen molar-refractivity contribution in [1.29, 1.82) is 0 Å². The summed E-state index contributed by atoms with van der Waals surface area (Å²) in [4.78, 5) is 14.8. The number of carbonyl (C=O) groups excluding carboxylic acids is 1. The number of benzene rings is 2. The third-order valence-electron chi connectivity index (χ3n) is 4.34. The van der Waals surface area contributed by atoms with Crippen LogP contribution in [0.1, 0.15) is 13.8 Å². The molecule has 0 aliphatic heterocycles. The molecule has 6 heteroatoms. The van der Waals surface area contributed by atoms with Crippen LogP contribution in [-0.4, -0.2) is 32.5 Å². The first-order valence-electron chi connectivity index (χ1n) is 9.28. The van der Waals surface area contributed by atoms with Gasteiger partial charge in [0.25, 0.3) is 0 Å². The molecule has 1 amide bonds. The maximum atomic E-state index is 13.1. The van der Waals surface area contributed by atoms with Crippen molar-refractivity contribution in [1.82, 2.24) is 14.8 Å². The third-order valence-corrected chi connectivity index (χ3v) is 5.41. The van der Waals surface area contributed by atoms with Crippen molar-refractivity contribution >= 4 is 23.4 Å². The summed E-state index contributed by atoms with van der Waals surface area (Å²) in [5, 5.41) is 9.13. The Hall–Kier alpha value is -2.86. The lowest BCUT2D eigenvalue weighted by molar-refractivity contribution is -0.117. The van der Waals surface area contributed by atoms with E-state index in [4.69, 9.17) is 0 Å². The minimum absolute atomic E-state index is 0.0492. The van der Waals surface area contributed by atoms with E-state index in [2.05, 4.69) is 16.8 Å². The lowest BCUT2D eigenvalue weighted by Gasteiger charge is -2.24. The molecule has 144 valence electrons. The predicted octanol–water partition coefficient (Wildman–Crippen LogP) is 4.66. The van der Waals surface area contributed by atoms with Crippen molar-refractivity contribution in [3.8, 4) is 11.4 Å². The summed E-state index contributed by atoms with van der Waals surface area (Å²) in [5.41, 5.74) is 1.89. The molecule has 28 heavy (non-hydrogen) atoms. The number of anilines is 1. The molecule has 0 saturated carbocycles. The molecular formula is C22H24N4OS. The van der Waals surface area contributed by atoms with Crippen LogP contribution >= 0.6 is 11.8 Å². The van der Waals surface area contributed by atoms with Crippen LogP contribution < -0.4 is 4.90 Å². The van der Waals surface area contributed by atoms with E-state index in [1.54, 1.807) is 4.90 Å². The highest BCUT2D eigenvalue weighted by molar-refractivity contribution is 8.00. The Bertz CT molecular complexity index is 924. The van der Waals surface area contributed by atoms with Crippen molar-refractivity contribution in [2.24, 2.45) is 0 Å². The second kappa shape index (κ2) is 9.37. The number of hydrogen-bond donors (Lipinski definition) is 0. The van der Waals surface area contributed by atoms with Crippen LogP contribution in [0.15, 0.2) is 78.5 Å². The monoisotopic (exact) mass is 392 g/mol. The molecule has 0 aliphatic carbocycles. The molecule has 1 atom stereocenters. The summed E-state index contributed by atoms with van der Waals surface area (Å²) in [6, 6.07) is 19.6. The van der Waals surface area contributed by atoms with E-state index >= 15 is 0 Å². The van der Waals surface area contributed by atoms with Gasteiger partial charge in [-0.2, -0.15) is 0 Å². The molecule has 5 nitrogen and oxygen atoms in total. The lowest BCUT2D eigenvalue weighted by Crippen LogP contribution is -2.36. The zero-order valence-electron chi connectivity index (χ0n) is 16.2. The number of carbonyl (C=O) groups is 1. The highest BCUT2D eigenvalue weighted by Gasteiger charge is 2.24. The number of rotatable bonds is 8. The summed E-state index contributed by atoms with van der Waals surface area (Å²) in [6.45, 7) is 8.93. The van der Waals surface area contributed by atoms with Crippen LogP contribution in [0.3, 0.4) is 0 Å². The average Bonchev–Trinajstić information content (AvgIpc) is 3.12. The van der Waals surface area contributed by atoms with Gasteiger partial charge in [0.1, 0.15) is 0 Å². The highest BCUT2D eigenvalue weighted by Crippen LogP contribution is 2.28. The number of amides is 1. The lowest BCUT2D eigenvalue weighted by atomic mass is 10.2. The Labute approximate surface area is 170 Å². The number of allylic oxidation sites excluding steroid dienone is 1. The molecule has 0 N–H and O–H groups in total. The maximum absolute atomic E-state index is 13.1. The van der Waals surface area contributed by atoms with Gasteiger partial charge in [-0.25, -0.2) is 0 Å². The van der Waals surface area contributed by atoms with E-state index in [9.17, 15) is 4.79 Å². The number of thioether (sulfide) groups is 1. The molecule has 3 aromatic rings. The van der Waals surface area contributed by atoms with Crippen molar-refractivity contribution < 1.29 is 4.79 Å². The standard InChI is InChI=1S/C22H24N4OS/c1-4-16-26-20(18-12-8-6-9-13-18)23-24-22(26)28-17(3)21(27)25(5-2)19-14-10-7-11-15-19/h4,6-15,17H,1,5,16H2,2-3H3/t17-/m1/s1. The molecule has 0 fully saturated rings. The molecule has 1 heterocycles. The molecule has 2 aromatic carbocycles. The first-order chi connectivity index (χ1) is 13.7. The van der Waals surface area contributed by atoms with Crippen LogP contribution in [0.25, 0.3) is 11.4 Å². The van der Waals surface area contributed by atoms with Gasteiger partial charge in [0.05, 0.1) is 5.25 Å². The summed E-state index contributed by atoms with van der Waals surface area (Å²) in [5.74, 6) is 0.825. The zero-order valence-corrected chi connectivity index (χ0v) is 17.0. The molecule has 3 rings (SSSR count). The minimum atomic E-state index is -0.295. The zero-order chi connectivity index (χ0) is 19.9. The Morgan fingerprint density at radius 1 is 1.14 bits per heavy atom. The maximum Gasteiger partial charge on any atom is 0.240 e. The van der Waals surface area contributed by atoms with Crippen molar-refractivity contribution in [2.45, 2.75) is 30.8 Å². The topological polar surface area (TPSA) is 51.0 Å². The van der Waals surface area contributed by atoms with Crippen molar-refractivity contribution in [2.75, 3.05) is 11.4 Å². The normalized spacial score (nSPS) is 11.8. The Morgan fingerprint density at radius 3 is 2.39 bits per heavy atom. The molecule has 1 aromatic heterocycles. The predicted molar refractivity (Wildman–Crippen MR) is 115 cm³/mol. The van der Waals surface area contributed by atoms with Crippen molar-refractivity contribution in [3.63, 3.8) is 0 Å². The summed E-state index contributed by atoms with van der Waals surface area (Å²) in [7, 11) is 0. The first kappa shape index (κ1) is 19.9. The summed E-state index contributed by atoms with van der Waals surface area (Å²) >= 11 is 1.42. The second-order valence-corrected chi connectivity index (χ2v) is 7.56. The van der Waals surface area contributed by atoms with E-state index in [1.807, 2.05) is 85.2 Å². The molecule has 0 saturated heterocycles. The molecule has 0 radical (unpaired) electrons. The first-order valence-corrected chi connectivity index (χ1v) is 10.2. The van der Waals surface area contributed by atoms with Gasteiger partial charge in [0.2, 0.25) is 5.91 Å². The van der Waals surface area contributed by atoms with Crippen LogP contribution in [0.2, 0.25) is 0 Å². The van der Waals surface area contributed by atoms with Gasteiger partial charge >= 0.3 is 0 Å². The van der Waals surface area contributed by atoms with Crippen LogP contribution in [0, 0.1) is 0 Å². The fourth-order valence-corrected chi connectivity index (χ4v) is 3.89. The Kier molecular flexibility index (Phi) is 6.66. The van der Waals surface area contributed by atoms with Gasteiger partial charge in [-0.05, 0) is 26.0 Å². The summed E-state index contributed by atoms with van der Waals surface area (Å²) < 4.78 is 2.00. The molecular weight excluding hydrogens is 368 g/mol. The quantitative estimate of drug-likeness (QED) is 0.413. The van der Waals surface area contributed by atoms with Gasteiger partial charge < -0.3 is 4.90 Å². The van der Waals surface area contributed by atoms with Gasteiger partial charge in [-0.15, -0.1) is 16.8 Å². The largest absolute Gasteiger partial charge is 0.312 e. The SMILES string of the molecule is C=CCn1c(S[C@H](C)C(=O)N(CC)c2ccccc2)nnc1-c1ccccc1. The van der Waals surface area contributed by atoms with E-state index in [0.717, 1.165) is 17.1 Å². The van der Waals surface area contributed by atoms with Crippen molar-refractivity contribution in [3.05, 3.63) is 73.3 Å². The fraction of sp³-hybridized carbons (Fsp3) is 0.227. The third kappa shape index (κ3) is 4.34. The van der Waals surface area contributed by atoms with Gasteiger partial charge in [-0.1, -0.05) is 66.4 Å². The highest BCUT2D eigenvalue weighted by atomic mass is 32.2. The Balaban J connectivity index is 1.83. The van der Waals surface area contributed by atoms with E-state index in [0.29, 0.717) is 18.2 Å². The molecule has 0 unspecified atom stereocenters. The van der Waals surface area contributed by atoms with Gasteiger partial charge in [0.15, 0.2) is 11.0 Å². The minimum Gasteiger partial charge on any atom is -0.312 e. The fourth-order valence-electron chi connectivity index (χ4n) is 2.97. The molecule has 0 aliphatic rings. The average molecular weight is 393 g/mol. The van der Waals surface area contributed by atoms with Crippen LogP contribution in [0.5, 0.6) is 0 Å². The van der Waals surface area contributed by atoms with Crippen LogP contribution in [0.4, 0.5) is 5.69 Å². The van der Waals surface area contributed by atoms with Gasteiger partial charge in [-0.3, -0.25) is 9.36 Å². The smallest absolute Gasteiger partial charge is 0.240 e. The molecule has 0 bridgehead atoms. The van der Waals surface area contributed by atoms with E-state index in [1.165, 1.54) is 11.8 Å². The second-order valence-electron chi connectivity index (χ2n) is 6.25. The molecule has 0 spiro atoms.